The molecule has 1 rings (SSSR count). The van der Waals surface area contributed by atoms with E-state index in [9.17, 15) is 14.9 Å². The summed E-state index contributed by atoms with van der Waals surface area (Å²) < 4.78 is 0.495. The fourth-order valence-electron chi connectivity index (χ4n) is 1.66. The van der Waals surface area contributed by atoms with Gasteiger partial charge in [-0.05, 0) is 22.4 Å². The molecule has 1 aromatic rings. The number of nitro groups is 1. The van der Waals surface area contributed by atoms with Crippen molar-refractivity contribution in [2.24, 2.45) is 0 Å². The average molecular weight is 332 g/mol. The topological polar surface area (TPSA) is 105 Å². The molecule has 0 saturated carbocycles. The van der Waals surface area contributed by atoms with Gasteiger partial charge in [0.05, 0.1) is 11.3 Å². The molecule has 1 heterocycles. The van der Waals surface area contributed by atoms with Crippen molar-refractivity contribution in [3.05, 3.63) is 26.9 Å². The van der Waals surface area contributed by atoms with Crippen LogP contribution in [0.25, 0.3) is 0 Å². The maximum Gasteiger partial charge on any atom is 0.312 e. The Morgan fingerprint density at radius 2 is 2.37 bits per heavy atom. The molecule has 1 atom stereocenters. The highest BCUT2D eigenvalue weighted by molar-refractivity contribution is 9.10. The molecule has 0 saturated heterocycles. The molecule has 19 heavy (non-hydrogen) atoms. The van der Waals surface area contributed by atoms with Crippen LogP contribution in [0.15, 0.2) is 16.7 Å². The molecule has 8 heteroatoms. The van der Waals surface area contributed by atoms with Gasteiger partial charge in [-0.2, -0.15) is 0 Å². The van der Waals surface area contributed by atoms with Gasteiger partial charge in [-0.3, -0.25) is 14.9 Å². The number of nitrogens with zero attached hydrogens (tertiary/aromatic N) is 2. The lowest BCUT2D eigenvalue weighted by Crippen LogP contribution is -2.24. The molecule has 0 radical (unpaired) electrons. The van der Waals surface area contributed by atoms with E-state index in [1.807, 2.05) is 6.92 Å². The van der Waals surface area contributed by atoms with Gasteiger partial charge in [0, 0.05) is 22.8 Å². The zero-order valence-corrected chi connectivity index (χ0v) is 11.9. The Morgan fingerprint density at radius 3 is 2.89 bits per heavy atom. The molecule has 0 bridgehead atoms. The first kappa shape index (κ1) is 15.4. The van der Waals surface area contributed by atoms with Crippen molar-refractivity contribution < 1.29 is 14.8 Å². The zero-order chi connectivity index (χ0) is 14.4. The fraction of sp³-hybridized carbons (Fsp3) is 0.455. The van der Waals surface area contributed by atoms with Crippen molar-refractivity contribution in [1.29, 1.82) is 0 Å². The Labute approximate surface area is 118 Å². The number of halogens is 1. The second-order valence-corrected chi connectivity index (χ2v) is 4.92. The van der Waals surface area contributed by atoms with E-state index in [0.29, 0.717) is 10.9 Å². The lowest BCUT2D eigenvalue weighted by atomic mass is 10.1. The SMILES string of the molecule is CCCC(CC(=O)O)Nc1ncc(Br)cc1[N+](=O)[O-]. The van der Waals surface area contributed by atoms with Crippen LogP contribution in [0, 0.1) is 10.1 Å². The molecule has 2 N–H and O–H groups in total. The van der Waals surface area contributed by atoms with Gasteiger partial charge >= 0.3 is 11.7 Å². The number of pyridine rings is 1. The minimum absolute atomic E-state index is 0.0906. The fourth-order valence-corrected chi connectivity index (χ4v) is 1.98. The highest BCUT2D eigenvalue weighted by atomic mass is 79.9. The Kier molecular flexibility index (Phi) is 5.68. The maximum absolute atomic E-state index is 10.9. The first-order valence-corrected chi connectivity index (χ1v) is 6.51. The van der Waals surface area contributed by atoms with Gasteiger partial charge in [0.25, 0.3) is 0 Å². The monoisotopic (exact) mass is 331 g/mol. The highest BCUT2D eigenvalue weighted by Gasteiger charge is 2.20. The smallest absolute Gasteiger partial charge is 0.312 e. The van der Waals surface area contributed by atoms with E-state index in [4.69, 9.17) is 5.11 Å². The van der Waals surface area contributed by atoms with Gasteiger partial charge in [0.2, 0.25) is 5.82 Å². The van der Waals surface area contributed by atoms with Gasteiger partial charge in [0.15, 0.2) is 0 Å². The van der Waals surface area contributed by atoms with Gasteiger partial charge in [-0.25, -0.2) is 4.98 Å². The molecular weight excluding hydrogens is 318 g/mol. The number of carboxylic acid groups (broad SMARTS) is 1. The largest absolute Gasteiger partial charge is 0.481 e. The van der Waals surface area contributed by atoms with E-state index in [1.54, 1.807) is 0 Å². The number of hydrogen-bond donors (Lipinski definition) is 2. The lowest BCUT2D eigenvalue weighted by Gasteiger charge is -2.16. The summed E-state index contributed by atoms with van der Waals surface area (Å²) in [5.41, 5.74) is -0.180. The minimum atomic E-state index is -0.953. The molecule has 0 spiro atoms. The normalized spacial score (nSPS) is 11.9. The number of aromatic nitrogens is 1. The number of nitrogens with one attached hydrogen (secondary N) is 1. The number of anilines is 1. The van der Waals surface area contributed by atoms with Crippen molar-refractivity contribution in [1.82, 2.24) is 4.98 Å². The second kappa shape index (κ2) is 7.03. The predicted molar refractivity (Wildman–Crippen MR) is 73.2 cm³/mol. The van der Waals surface area contributed by atoms with Crippen LogP contribution in [0.2, 0.25) is 0 Å². The number of carboxylic acids is 1. The summed E-state index contributed by atoms with van der Waals surface area (Å²) in [6, 6.07) is 0.953. The van der Waals surface area contributed by atoms with Gasteiger partial charge in [-0.15, -0.1) is 0 Å². The van der Waals surface area contributed by atoms with Crippen LogP contribution in [-0.4, -0.2) is 27.0 Å². The van der Waals surface area contributed by atoms with Crippen molar-refractivity contribution in [3.8, 4) is 0 Å². The first-order valence-electron chi connectivity index (χ1n) is 5.72. The van der Waals surface area contributed by atoms with E-state index in [1.165, 1.54) is 12.3 Å². The van der Waals surface area contributed by atoms with Crippen molar-refractivity contribution in [2.75, 3.05) is 5.32 Å². The number of hydrogen-bond acceptors (Lipinski definition) is 5. The van der Waals surface area contributed by atoms with Crippen LogP contribution in [0.3, 0.4) is 0 Å². The summed E-state index contributed by atoms with van der Waals surface area (Å²) in [5, 5.41) is 22.6. The summed E-state index contributed by atoms with van der Waals surface area (Å²) >= 11 is 3.11. The van der Waals surface area contributed by atoms with Crippen LogP contribution in [0.5, 0.6) is 0 Å². The van der Waals surface area contributed by atoms with E-state index >= 15 is 0 Å². The first-order chi connectivity index (χ1) is 8.93. The highest BCUT2D eigenvalue weighted by Crippen LogP contribution is 2.26. The number of carbonyl (C=O) groups is 1. The van der Waals surface area contributed by atoms with E-state index in [-0.39, 0.29) is 24.0 Å². The summed E-state index contributed by atoms with van der Waals surface area (Å²) in [6.45, 7) is 1.92. The molecule has 1 aromatic heterocycles. The molecular formula is C11H14BrN3O4. The van der Waals surface area contributed by atoms with E-state index in [0.717, 1.165) is 6.42 Å². The van der Waals surface area contributed by atoms with Crippen molar-refractivity contribution in [3.63, 3.8) is 0 Å². The lowest BCUT2D eigenvalue weighted by molar-refractivity contribution is -0.384. The molecule has 0 aliphatic carbocycles. The second-order valence-electron chi connectivity index (χ2n) is 4.01. The van der Waals surface area contributed by atoms with Gasteiger partial charge in [0.1, 0.15) is 0 Å². The Balaban J connectivity index is 2.95. The molecule has 104 valence electrons. The molecule has 7 nitrogen and oxygen atoms in total. The standard InChI is InChI=1S/C11H14BrN3O4/c1-2-3-8(5-10(16)17)14-11-9(15(18)19)4-7(12)6-13-11/h4,6,8H,2-3,5H2,1H3,(H,13,14)(H,16,17). The predicted octanol–water partition coefficient (Wildman–Crippen LogP) is 2.81. The van der Waals surface area contributed by atoms with Crippen LogP contribution < -0.4 is 5.32 Å². The molecule has 0 fully saturated rings. The minimum Gasteiger partial charge on any atom is -0.481 e. The van der Waals surface area contributed by atoms with Gasteiger partial charge in [-0.1, -0.05) is 13.3 Å². The molecule has 0 aliphatic heterocycles. The Bertz CT molecular complexity index is 481. The van der Waals surface area contributed by atoms with Crippen LogP contribution >= 0.6 is 15.9 Å². The number of rotatable bonds is 7. The number of aliphatic carboxylic acids is 1. The molecule has 0 aliphatic rings. The zero-order valence-electron chi connectivity index (χ0n) is 10.3. The van der Waals surface area contributed by atoms with Crippen LogP contribution in [0.1, 0.15) is 26.2 Å². The molecule has 0 amide bonds. The molecule has 1 unspecified atom stereocenters. The molecule has 0 aromatic carbocycles. The van der Waals surface area contributed by atoms with Gasteiger partial charge < -0.3 is 10.4 Å². The maximum atomic E-state index is 10.9. The third-order valence-electron chi connectivity index (χ3n) is 2.43. The Hall–Kier alpha value is -1.70. The van der Waals surface area contributed by atoms with Crippen molar-refractivity contribution in [2.45, 2.75) is 32.2 Å². The quantitative estimate of drug-likeness (QED) is 0.587. The summed E-state index contributed by atoms with van der Waals surface area (Å²) in [7, 11) is 0. The van der Waals surface area contributed by atoms with E-state index in [2.05, 4.69) is 26.2 Å². The third kappa shape index (κ3) is 4.82. The summed E-state index contributed by atoms with van der Waals surface area (Å²) in [6.07, 6.45) is 2.69. The third-order valence-corrected chi connectivity index (χ3v) is 2.86. The van der Waals surface area contributed by atoms with Crippen LogP contribution in [0.4, 0.5) is 11.5 Å². The summed E-state index contributed by atoms with van der Waals surface area (Å²) in [5.74, 6) is -0.862. The average Bonchev–Trinajstić information content (AvgIpc) is 2.30. The Morgan fingerprint density at radius 1 is 1.68 bits per heavy atom. The van der Waals surface area contributed by atoms with E-state index < -0.39 is 10.9 Å². The van der Waals surface area contributed by atoms with Crippen LogP contribution in [-0.2, 0) is 4.79 Å². The van der Waals surface area contributed by atoms with Crippen molar-refractivity contribution >= 4 is 33.4 Å². The summed E-state index contributed by atoms with van der Waals surface area (Å²) in [4.78, 5) is 25.1.